The van der Waals surface area contributed by atoms with Gasteiger partial charge in [-0.2, -0.15) is 5.10 Å². The molecule has 15 heavy (non-hydrogen) atoms. The topological polar surface area (TPSA) is 43.8 Å². The summed E-state index contributed by atoms with van der Waals surface area (Å²) in [5, 5.41) is 4.28. The molecule has 1 heterocycles. The van der Waals surface area contributed by atoms with Gasteiger partial charge in [-0.3, -0.25) is 0 Å². The second-order valence-electron chi connectivity index (χ2n) is 2.97. The van der Waals surface area contributed by atoms with Crippen LogP contribution in [0.4, 0.5) is 0 Å². The molecule has 0 aliphatic rings. The molecule has 1 aromatic carbocycles. The van der Waals surface area contributed by atoms with Crippen LogP contribution in [0.15, 0.2) is 41.0 Å². The van der Waals surface area contributed by atoms with E-state index < -0.39 is 0 Å². The Morgan fingerprint density at radius 1 is 1.33 bits per heavy atom. The van der Waals surface area contributed by atoms with Crippen molar-refractivity contribution in [3.05, 3.63) is 46.7 Å². The lowest BCUT2D eigenvalue weighted by molar-refractivity contribution is 0.876. The van der Waals surface area contributed by atoms with Crippen LogP contribution in [0, 0.1) is 0 Å². The molecule has 0 unspecified atom stereocenters. The van der Waals surface area contributed by atoms with Crippen LogP contribution in [0.1, 0.15) is 5.69 Å². The highest BCUT2D eigenvalue weighted by molar-refractivity contribution is 9.10. The summed E-state index contributed by atoms with van der Waals surface area (Å²) in [6.45, 7) is 0. The summed E-state index contributed by atoms with van der Waals surface area (Å²) in [4.78, 5) is 0.288. The second-order valence-corrected chi connectivity index (χ2v) is 4.26. The number of hydrogen-bond acceptors (Lipinski definition) is 2. The minimum absolute atomic E-state index is 0.288. The van der Waals surface area contributed by atoms with Gasteiger partial charge in [-0.1, -0.05) is 30.4 Å². The number of para-hydroxylation sites is 1. The molecular formula is C10H8BrN3S. The molecule has 0 atom stereocenters. The third-order valence-electron chi connectivity index (χ3n) is 1.92. The molecule has 76 valence electrons. The quantitative estimate of drug-likeness (QED) is 0.859. The van der Waals surface area contributed by atoms with Gasteiger partial charge < -0.3 is 5.73 Å². The second kappa shape index (κ2) is 4.12. The maximum atomic E-state index is 5.53. The lowest BCUT2D eigenvalue weighted by atomic mass is 10.3. The third kappa shape index (κ3) is 2.08. The number of rotatable bonds is 2. The predicted octanol–water partition coefficient (Wildman–Crippen LogP) is 2.27. The van der Waals surface area contributed by atoms with Crippen LogP contribution in [-0.4, -0.2) is 14.8 Å². The molecule has 0 bridgehead atoms. The van der Waals surface area contributed by atoms with Gasteiger partial charge in [0.25, 0.3) is 0 Å². The lowest BCUT2D eigenvalue weighted by Gasteiger charge is -1.98. The van der Waals surface area contributed by atoms with Crippen molar-refractivity contribution in [1.82, 2.24) is 9.78 Å². The Morgan fingerprint density at radius 3 is 2.53 bits per heavy atom. The van der Waals surface area contributed by atoms with Crippen molar-refractivity contribution in [1.29, 1.82) is 0 Å². The van der Waals surface area contributed by atoms with E-state index in [2.05, 4.69) is 21.0 Å². The Morgan fingerprint density at radius 2 is 2.00 bits per heavy atom. The number of thiocarbonyl (C=S) groups is 1. The molecule has 0 fully saturated rings. The molecule has 2 N–H and O–H groups in total. The van der Waals surface area contributed by atoms with Crippen LogP contribution in [-0.2, 0) is 0 Å². The van der Waals surface area contributed by atoms with Gasteiger partial charge in [0.1, 0.15) is 10.7 Å². The molecular weight excluding hydrogens is 274 g/mol. The summed E-state index contributed by atoms with van der Waals surface area (Å²) in [5.74, 6) is 0. The van der Waals surface area contributed by atoms with Crippen molar-refractivity contribution >= 4 is 33.1 Å². The molecule has 2 rings (SSSR count). The number of halogens is 1. The van der Waals surface area contributed by atoms with E-state index in [-0.39, 0.29) is 4.99 Å². The van der Waals surface area contributed by atoms with E-state index in [0.29, 0.717) is 5.69 Å². The van der Waals surface area contributed by atoms with Crippen LogP contribution in [0.2, 0.25) is 0 Å². The Hall–Kier alpha value is -1.20. The zero-order valence-corrected chi connectivity index (χ0v) is 10.1. The van der Waals surface area contributed by atoms with Gasteiger partial charge in [0, 0.05) is 6.20 Å². The summed E-state index contributed by atoms with van der Waals surface area (Å²) in [5.41, 5.74) is 7.11. The summed E-state index contributed by atoms with van der Waals surface area (Å²) < 4.78 is 2.54. The maximum Gasteiger partial charge on any atom is 0.134 e. The number of hydrogen-bond donors (Lipinski definition) is 1. The van der Waals surface area contributed by atoms with Crippen molar-refractivity contribution < 1.29 is 0 Å². The predicted molar refractivity (Wildman–Crippen MR) is 67.2 cm³/mol. The lowest BCUT2D eigenvalue weighted by Crippen LogP contribution is -2.11. The van der Waals surface area contributed by atoms with E-state index in [1.165, 1.54) is 0 Å². The van der Waals surface area contributed by atoms with Gasteiger partial charge in [0.15, 0.2) is 0 Å². The van der Waals surface area contributed by atoms with E-state index in [1.54, 1.807) is 4.68 Å². The van der Waals surface area contributed by atoms with Crippen molar-refractivity contribution in [2.75, 3.05) is 0 Å². The van der Waals surface area contributed by atoms with Crippen LogP contribution in [0.3, 0.4) is 0 Å². The minimum Gasteiger partial charge on any atom is -0.388 e. The third-order valence-corrected chi connectivity index (χ3v) is 2.70. The molecule has 3 nitrogen and oxygen atoms in total. The van der Waals surface area contributed by atoms with Crippen molar-refractivity contribution in [3.8, 4) is 5.69 Å². The average Bonchev–Trinajstić information content (AvgIpc) is 2.62. The van der Waals surface area contributed by atoms with E-state index >= 15 is 0 Å². The zero-order chi connectivity index (χ0) is 10.8. The Balaban J connectivity index is 2.48. The van der Waals surface area contributed by atoms with Gasteiger partial charge in [-0.05, 0) is 28.1 Å². The molecule has 0 amide bonds. The summed E-state index contributed by atoms with van der Waals surface area (Å²) in [6.07, 6.45) is 1.84. The SMILES string of the molecule is NC(=S)c1nn(-c2ccccc2)cc1Br. The molecule has 1 aromatic heterocycles. The molecule has 5 heteroatoms. The highest BCUT2D eigenvalue weighted by Crippen LogP contribution is 2.17. The maximum absolute atomic E-state index is 5.53. The van der Waals surface area contributed by atoms with Crippen molar-refractivity contribution in [2.45, 2.75) is 0 Å². The monoisotopic (exact) mass is 281 g/mol. The van der Waals surface area contributed by atoms with Crippen LogP contribution in [0.25, 0.3) is 5.69 Å². The zero-order valence-electron chi connectivity index (χ0n) is 7.72. The van der Waals surface area contributed by atoms with E-state index in [4.69, 9.17) is 18.0 Å². The van der Waals surface area contributed by atoms with E-state index in [1.807, 2.05) is 36.5 Å². The number of nitrogens with two attached hydrogens (primary N) is 1. The molecule has 0 spiro atoms. The van der Waals surface area contributed by atoms with Crippen LogP contribution >= 0.6 is 28.1 Å². The average molecular weight is 282 g/mol. The smallest absolute Gasteiger partial charge is 0.134 e. The summed E-state index contributed by atoms with van der Waals surface area (Å²) in [7, 11) is 0. The van der Waals surface area contributed by atoms with E-state index in [9.17, 15) is 0 Å². The first-order chi connectivity index (χ1) is 7.18. The fraction of sp³-hybridized carbons (Fsp3) is 0. The number of nitrogens with zero attached hydrogens (tertiary/aromatic N) is 2. The fourth-order valence-corrected chi connectivity index (χ4v) is 2.00. The molecule has 0 aliphatic carbocycles. The standard InChI is InChI=1S/C10H8BrN3S/c11-8-6-14(13-9(8)10(12)15)7-4-2-1-3-5-7/h1-6H,(H2,12,15). The van der Waals surface area contributed by atoms with Crippen LogP contribution < -0.4 is 5.73 Å². The highest BCUT2D eigenvalue weighted by atomic mass is 79.9. The van der Waals surface area contributed by atoms with Crippen LogP contribution in [0.5, 0.6) is 0 Å². The fourth-order valence-electron chi connectivity index (χ4n) is 1.23. The molecule has 2 aromatic rings. The van der Waals surface area contributed by atoms with E-state index in [0.717, 1.165) is 10.2 Å². The number of benzene rings is 1. The number of aromatic nitrogens is 2. The molecule has 0 radical (unpaired) electrons. The Bertz CT molecular complexity index is 493. The Labute approximate surface area is 101 Å². The van der Waals surface area contributed by atoms with Gasteiger partial charge in [0.05, 0.1) is 10.2 Å². The first kappa shape index (κ1) is 10.3. The molecule has 0 saturated carbocycles. The van der Waals surface area contributed by atoms with Gasteiger partial charge in [0.2, 0.25) is 0 Å². The van der Waals surface area contributed by atoms with Gasteiger partial charge in [-0.15, -0.1) is 0 Å². The summed E-state index contributed by atoms with van der Waals surface area (Å²) >= 11 is 8.25. The first-order valence-electron chi connectivity index (χ1n) is 4.29. The van der Waals surface area contributed by atoms with Gasteiger partial charge >= 0.3 is 0 Å². The first-order valence-corrected chi connectivity index (χ1v) is 5.49. The normalized spacial score (nSPS) is 10.2. The molecule has 0 saturated heterocycles. The highest BCUT2D eigenvalue weighted by Gasteiger charge is 2.09. The van der Waals surface area contributed by atoms with Gasteiger partial charge in [-0.25, -0.2) is 4.68 Å². The summed E-state index contributed by atoms with van der Waals surface area (Å²) in [6, 6.07) is 9.78. The Kier molecular flexibility index (Phi) is 2.83. The molecule has 0 aliphatic heterocycles. The minimum atomic E-state index is 0.288. The largest absolute Gasteiger partial charge is 0.388 e. The van der Waals surface area contributed by atoms with Crippen molar-refractivity contribution in [2.24, 2.45) is 5.73 Å². The van der Waals surface area contributed by atoms with Crippen molar-refractivity contribution in [3.63, 3.8) is 0 Å².